The molecule has 0 unspecified atom stereocenters. The summed E-state index contributed by atoms with van der Waals surface area (Å²) in [6, 6.07) is 11.6. The van der Waals surface area contributed by atoms with E-state index in [0.717, 1.165) is 39.4 Å². The molecule has 6 heteroatoms. The van der Waals surface area contributed by atoms with E-state index in [1.807, 2.05) is 58.3 Å². The van der Waals surface area contributed by atoms with E-state index in [0.29, 0.717) is 17.1 Å². The molecule has 1 amide bonds. The molecule has 0 bridgehead atoms. The quantitative estimate of drug-likeness (QED) is 0.572. The van der Waals surface area contributed by atoms with Gasteiger partial charge in [0.2, 0.25) is 0 Å². The number of aryl methyl sites for hydroxylation is 2. The zero-order chi connectivity index (χ0) is 19.6. The number of hydrogen-bond acceptors (Lipinski definition) is 4. The van der Waals surface area contributed by atoms with Crippen LogP contribution in [0.25, 0.3) is 10.2 Å². The Kier molecular flexibility index (Phi) is 6.15. The maximum atomic E-state index is 13.3. The predicted octanol–water partition coefficient (Wildman–Crippen LogP) is 5.17. The van der Waals surface area contributed by atoms with Crippen molar-refractivity contribution in [2.45, 2.75) is 20.3 Å². The summed E-state index contributed by atoms with van der Waals surface area (Å²) in [5.74, 6) is -0.00860. The van der Waals surface area contributed by atoms with Crippen molar-refractivity contribution in [2.24, 2.45) is 0 Å². The summed E-state index contributed by atoms with van der Waals surface area (Å²) in [6.07, 6.45) is 0.875. The number of aromatic nitrogens is 1. The minimum Gasteiger partial charge on any atom is -0.309 e. The van der Waals surface area contributed by atoms with Crippen LogP contribution in [0.5, 0.6) is 0 Å². The third-order valence-electron chi connectivity index (χ3n) is 4.27. The molecule has 0 saturated carbocycles. The van der Waals surface area contributed by atoms with Gasteiger partial charge in [0.1, 0.15) is 0 Å². The summed E-state index contributed by atoms with van der Waals surface area (Å²) in [4.78, 5) is 21.9. The Morgan fingerprint density at radius 3 is 2.44 bits per heavy atom. The molecule has 3 rings (SSSR count). The highest BCUT2D eigenvalue weighted by atomic mass is 35.5. The second-order valence-corrected chi connectivity index (χ2v) is 8.54. The van der Waals surface area contributed by atoms with E-state index in [-0.39, 0.29) is 5.91 Å². The Balaban J connectivity index is 1.97. The summed E-state index contributed by atoms with van der Waals surface area (Å²) in [5.41, 5.74) is 3.74. The van der Waals surface area contributed by atoms with Crippen LogP contribution >= 0.6 is 22.9 Å². The highest BCUT2D eigenvalue weighted by Crippen LogP contribution is 2.31. The van der Waals surface area contributed by atoms with Crippen LogP contribution in [-0.2, 0) is 0 Å². The molecule has 0 saturated heterocycles. The van der Waals surface area contributed by atoms with Crippen molar-refractivity contribution in [2.75, 3.05) is 32.1 Å². The van der Waals surface area contributed by atoms with E-state index < -0.39 is 0 Å². The van der Waals surface area contributed by atoms with Crippen LogP contribution in [0.4, 0.5) is 5.13 Å². The number of nitrogens with zero attached hydrogens (tertiary/aromatic N) is 3. The number of thiazole rings is 1. The predicted molar refractivity (Wildman–Crippen MR) is 115 cm³/mol. The fraction of sp³-hybridized carbons (Fsp3) is 0.333. The Labute approximate surface area is 169 Å². The van der Waals surface area contributed by atoms with Gasteiger partial charge in [-0.05, 0) is 71.2 Å². The standard InChI is InChI=1S/C21H24ClN3OS/c1-14-10-15(2)12-16(11-14)20(26)25(9-5-8-24(3)4)21-23-18-7-6-17(22)13-19(18)27-21/h6-7,10-13H,5,8-9H2,1-4H3. The van der Waals surface area contributed by atoms with Gasteiger partial charge in [0.05, 0.1) is 10.2 Å². The minimum atomic E-state index is -0.00860. The number of carbonyl (C=O) groups is 1. The fourth-order valence-electron chi connectivity index (χ4n) is 3.08. The van der Waals surface area contributed by atoms with Gasteiger partial charge in [0.15, 0.2) is 5.13 Å². The van der Waals surface area contributed by atoms with Crippen LogP contribution in [0.3, 0.4) is 0 Å². The topological polar surface area (TPSA) is 36.4 Å². The number of halogens is 1. The van der Waals surface area contributed by atoms with Crippen molar-refractivity contribution in [3.05, 3.63) is 58.1 Å². The van der Waals surface area contributed by atoms with Crippen molar-refractivity contribution in [3.63, 3.8) is 0 Å². The molecule has 27 heavy (non-hydrogen) atoms. The average molecular weight is 402 g/mol. The SMILES string of the molecule is Cc1cc(C)cc(C(=O)N(CCCN(C)C)c2nc3ccc(Cl)cc3s2)c1. The summed E-state index contributed by atoms with van der Waals surface area (Å²) >= 11 is 7.62. The van der Waals surface area contributed by atoms with Crippen molar-refractivity contribution in [1.82, 2.24) is 9.88 Å². The van der Waals surface area contributed by atoms with Crippen molar-refractivity contribution < 1.29 is 4.79 Å². The van der Waals surface area contributed by atoms with Gasteiger partial charge < -0.3 is 4.90 Å². The smallest absolute Gasteiger partial charge is 0.260 e. The first-order chi connectivity index (χ1) is 12.8. The zero-order valence-electron chi connectivity index (χ0n) is 16.1. The lowest BCUT2D eigenvalue weighted by Crippen LogP contribution is -2.33. The van der Waals surface area contributed by atoms with Gasteiger partial charge in [-0.25, -0.2) is 4.98 Å². The maximum absolute atomic E-state index is 13.3. The number of rotatable bonds is 6. The molecule has 0 spiro atoms. The first-order valence-electron chi connectivity index (χ1n) is 8.94. The van der Waals surface area contributed by atoms with Gasteiger partial charge in [0, 0.05) is 17.1 Å². The third-order valence-corrected chi connectivity index (χ3v) is 5.55. The number of anilines is 1. The van der Waals surface area contributed by atoms with Gasteiger partial charge in [-0.15, -0.1) is 0 Å². The van der Waals surface area contributed by atoms with E-state index in [1.54, 1.807) is 4.90 Å². The molecule has 2 aromatic carbocycles. The number of benzene rings is 2. The van der Waals surface area contributed by atoms with E-state index in [4.69, 9.17) is 16.6 Å². The largest absolute Gasteiger partial charge is 0.309 e. The fourth-order valence-corrected chi connectivity index (χ4v) is 4.35. The molecule has 0 atom stereocenters. The zero-order valence-corrected chi connectivity index (χ0v) is 17.7. The van der Waals surface area contributed by atoms with Crippen LogP contribution in [0.2, 0.25) is 5.02 Å². The van der Waals surface area contributed by atoms with Crippen molar-refractivity contribution >= 4 is 44.2 Å². The highest BCUT2D eigenvalue weighted by Gasteiger charge is 2.21. The third kappa shape index (κ3) is 4.86. The van der Waals surface area contributed by atoms with Gasteiger partial charge in [-0.2, -0.15) is 0 Å². The monoisotopic (exact) mass is 401 g/mol. The Hall–Kier alpha value is -1.95. The molecule has 0 fully saturated rings. The van der Waals surface area contributed by atoms with E-state index in [2.05, 4.69) is 11.0 Å². The van der Waals surface area contributed by atoms with Gasteiger partial charge in [-0.3, -0.25) is 9.69 Å². The molecule has 0 aliphatic carbocycles. The number of fused-ring (bicyclic) bond motifs is 1. The molecule has 0 N–H and O–H groups in total. The van der Waals surface area contributed by atoms with Gasteiger partial charge >= 0.3 is 0 Å². The lowest BCUT2D eigenvalue weighted by Gasteiger charge is -2.21. The molecular formula is C21H24ClN3OS. The van der Waals surface area contributed by atoms with Crippen LogP contribution < -0.4 is 4.90 Å². The second kappa shape index (κ2) is 8.38. The average Bonchev–Trinajstić information content (AvgIpc) is 2.99. The Morgan fingerprint density at radius 2 is 1.78 bits per heavy atom. The lowest BCUT2D eigenvalue weighted by molar-refractivity contribution is 0.0986. The molecule has 0 aliphatic heterocycles. The van der Waals surface area contributed by atoms with E-state index in [9.17, 15) is 4.79 Å². The molecule has 0 aliphatic rings. The first-order valence-corrected chi connectivity index (χ1v) is 10.1. The molecule has 142 valence electrons. The summed E-state index contributed by atoms with van der Waals surface area (Å²) in [6.45, 7) is 5.56. The molecule has 3 aromatic rings. The summed E-state index contributed by atoms with van der Waals surface area (Å²) in [5, 5.41) is 1.40. The molecule has 0 radical (unpaired) electrons. The summed E-state index contributed by atoms with van der Waals surface area (Å²) in [7, 11) is 4.07. The number of amides is 1. The van der Waals surface area contributed by atoms with Crippen LogP contribution in [0, 0.1) is 13.8 Å². The minimum absolute atomic E-state index is 0.00860. The van der Waals surface area contributed by atoms with Crippen molar-refractivity contribution in [3.8, 4) is 0 Å². The molecule has 1 aromatic heterocycles. The number of carbonyl (C=O) groups excluding carboxylic acids is 1. The van der Waals surface area contributed by atoms with Gasteiger partial charge in [0.25, 0.3) is 5.91 Å². The normalized spacial score (nSPS) is 11.3. The first kappa shape index (κ1) is 19.8. The molecular weight excluding hydrogens is 378 g/mol. The molecule has 4 nitrogen and oxygen atoms in total. The summed E-state index contributed by atoms with van der Waals surface area (Å²) < 4.78 is 0.989. The lowest BCUT2D eigenvalue weighted by atomic mass is 10.1. The van der Waals surface area contributed by atoms with Crippen molar-refractivity contribution in [1.29, 1.82) is 0 Å². The Bertz CT molecular complexity index is 947. The van der Waals surface area contributed by atoms with Crippen LogP contribution in [-0.4, -0.2) is 43.0 Å². The highest BCUT2D eigenvalue weighted by molar-refractivity contribution is 7.22. The van der Waals surface area contributed by atoms with Gasteiger partial charge in [-0.1, -0.05) is 40.1 Å². The van der Waals surface area contributed by atoms with Crippen LogP contribution in [0.1, 0.15) is 27.9 Å². The second-order valence-electron chi connectivity index (χ2n) is 7.10. The molecule has 1 heterocycles. The van der Waals surface area contributed by atoms with E-state index >= 15 is 0 Å². The Morgan fingerprint density at radius 1 is 1.07 bits per heavy atom. The number of hydrogen-bond donors (Lipinski definition) is 0. The van der Waals surface area contributed by atoms with E-state index in [1.165, 1.54) is 11.3 Å². The maximum Gasteiger partial charge on any atom is 0.260 e. The van der Waals surface area contributed by atoms with Crippen LogP contribution in [0.15, 0.2) is 36.4 Å².